The number of ketones is 2. The number of carbonyl (C=O) groups is 2. The van der Waals surface area contributed by atoms with Gasteiger partial charge in [0.1, 0.15) is 11.7 Å². The molecule has 1 unspecified atom stereocenters. The molecule has 0 bridgehead atoms. The van der Waals surface area contributed by atoms with Gasteiger partial charge in [-0.05, 0) is 79.0 Å². The van der Waals surface area contributed by atoms with Crippen LogP contribution in [0.4, 0.5) is 0 Å². The summed E-state index contributed by atoms with van der Waals surface area (Å²) in [5.41, 5.74) is 3.57. The lowest BCUT2D eigenvalue weighted by Gasteiger charge is -2.35. The van der Waals surface area contributed by atoms with Crippen molar-refractivity contribution in [3.05, 3.63) is 58.6 Å². The molecule has 0 aromatic heterocycles. The van der Waals surface area contributed by atoms with E-state index in [0.717, 1.165) is 53.9 Å². The molecule has 4 rings (SSSR count). The molecule has 2 aromatic rings. The molecule has 2 nitrogen and oxygen atoms in total. The Labute approximate surface area is 178 Å². The largest absolute Gasteiger partial charge is 0.298 e. The predicted molar refractivity (Wildman–Crippen MR) is 118 cm³/mol. The molecule has 0 N–H and O–H groups in total. The minimum atomic E-state index is -0.593. The summed E-state index contributed by atoms with van der Waals surface area (Å²) in [5, 5.41) is 0.697. The fraction of sp³-hybridized carbons (Fsp3) is 0.462. The normalized spacial score (nSPS) is 27.0. The van der Waals surface area contributed by atoms with Gasteiger partial charge in [0.25, 0.3) is 0 Å². The van der Waals surface area contributed by atoms with Gasteiger partial charge in [0.15, 0.2) is 5.78 Å². The van der Waals surface area contributed by atoms with Gasteiger partial charge in [0.05, 0.1) is 0 Å². The Morgan fingerprint density at radius 1 is 1.00 bits per heavy atom. The number of rotatable bonds is 4. The molecule has 2 aliphatic carbocycles. The Morgan fingerprint density at radius 3 is 2.31 bits per heavy atom. The van der Waals surface area contributed by atoms with Gasteiger partial charge in [-0.1, -0.05) is 55.6 Å². The number of hydrogen-bond donors (Lipinski definition) is 0. The van der Waals surface area contributed by atoms with Crippen LogP contribution in [0.1, 0.15) is 68.9 Å². The highest BCUT2D eigenvalue weighted by molar-refractivity contribution is 6.30. The van der Waals surface area contributed by atoms with Crippen LogP contribution >= 0.6 is 11.6 Å². The second kappa shape index (κ2) is 8.07. The molecular weight excluding hydrogens is 380 g/mol. The smallest absolute Gasteiger partial charge is 0.154 e. The Bertz CT molecular complexity index is 920. The van der Waals surface area contributed by atoms with E-state index in [2.05, 4.69) is 13.0 Å². The first-order valence-corrected chi connectivity index (χ1v) is 11.2. The van der Waals surface area contributed by atoms with Crippen molar-refractivity contribution in [3.63, 3.8) is 0 Å². The molecule has 1 spiro atoms. The summed E-state index contributed by atoms with van der Waals surface area (Å²) < 4.78 is 0. The Balaban J connectivity index is 1.63. The summed E-state index contributed by atoms with van der Waals surface area (Å²) >= 11 is 6.02. The van der Waals surface area contributed by atoms with Crippen LogP contribution in [0.5, 0.6) is 0 Å². The number of halogens is 1. The number of benzene rings is 2. The lowest BCUT2D eigenvalue weighted by atomic mass is 9.67. The molecule has 152 valence electrons. The Morgan fingerprint density at radius 2 is 1.66 bits per heavy atom. The van der Waals surface area contributed by atoms with Crippen molar-refractivity contribution in [3.8, 4) is 11.1 Å². The number of Topliss-reactive ketones (excluding diaryl/α,β-unsaturated/α-hetero) is 2. The monoisotopic (exact) mass is 408 g/mol. The van der Waals surface area contributed by atoms with E-state index in [9.17, 15) is 9.59 Å². The van der Waals surface area contributed by atoms with Crippen LogP contribution in [0.2, 0.25) is 5.02 Å². The topological polar surface area (TPSA) is 34.1 Å². The number of hydrogen-bond acceptors (Lipinski definition) is 2. The molecule has 0 radical (unpaired) electrons. The van der Waals surface area contributed by atoms with Crippen molar-refractivity contribution in [1.82, 2.24) is 0 Å². The number of carbonyl (C=O) groups excluding carboxylic acids is 2. The summed E-state index contributed by atoms with van der Waals surface area (Å²) in [6, 6.07) is 13.8. The minimum absolute atomic E-state index is 0.111. The Kier molecular flexibility index (Phi) is 5.66. The standard InChI is InChI=1S/C26H29ClO2/c1-3-4-18-11-13-26(14-12-18)16-23(28)24(25(26)29)22-15-20(6-5-17(22)2)19-7-9-21(27)10-8-19/h5-10,15,18,24H,3-4,11-14,16H2,1-2H3. The van der Waals surface area contributed by atoms with E-state index in [1.807, 2.05) is 43.3 Å². The van der Waals surface area contributed by atoms with Gasteiger partial charge in [-0.25, -0.2) is 0 Å². The predicted octanol–water partition coefficient (Wildman–Crippen LogP) is 6.92. The number of aryl methyl sites for hydroxylation is 1. The highest BCUT2D eigenvalue weighted by atomic mass is 35.5. The minimum Gasteiger partial charge on any atom is -0.298 e. The molecule has 29 heavy (non-hydrogen) atoms. The highest BCUT2D eigenvalue weighted by Crippen LogP contribution is 2.52. The molecule has 0 saturated heterocycles. The summed E-state index contributed by atoms with van der Waals surface area (Å²) in [4.78, 5) is 26.6. The van der Waals surface area contributed by atoms with Gasteiger partial charge in [0, 0.05) is 16.9 Å². The van der Waals surface area contributed by atoms with Gasteiger partial charge < -0.3 is 0 Å². The van der Waals surface area contributed by atoms with E-state index < -0.39 is 11.3 Å². The molecule has 0 aliphatic heterocycles. The van der Waals surface area contributed by atoms with Crippen LogP contribution in [0.25, 0.3) is 11.1 Å². The zero-order chi connectivity index (χ0) is 20.6. The van der Waals surface area contributed by atoms with Gasteiger partial charge >= 0.3 is 0 Å². The molecule has 2 aromatic carbocycles. The van der Waals surface area contributed by atoms with Gasteiger partial charge in [0.2, 0.25) is 0 Å². The zero-order valence-corrected chi connectivity index (χ0v) is 18.1. The fourth-order valence-electron chi connectivity index (χ4n) is 5.41. The van der Waals surface area contributed by atoms with E-state index in [0.29, 0.717) is 11.4 Å². The molecular formula is C26H29ClO2. The first kappa shape index (κ1) is 20.3. The zero-order valence-electron chi connectivity index (χ0n) is 17.3. The highest BCUT2D eigenvalue weighted by Gasteiger charge is 2.54. The third-order valence-corrected chi connectivity index (χ3v) is 7.40. The van der Waals surface area contributed by atoms with Crippen LogP contribution in [-0.4, -0.2) is 11.6 Å². The molecule has 2 fully saturated rings. The van der Waals surface area contributed by atoms with Crippen LogP contribution in [0.3, 0.4) is 0 Å². The lowest BCUT2D eigenvalue weighted by Crippen LogP contribution is -2.33. The van der Waals surface area contributed by atoms with Crippen molar-refractivity contribution in [1.29, 1.82) is 0 Å². The second-order valence-electron chi connectivity index (χ2n) is 9.03. The van der Waals surface area contributed by atoms with Crippen molar-refractivity contribution in [2.45, 2.75) is 64.7 Å². The van der Waals surface area contributed by atoms with Crippen LogP contribution in [0.15, 0.2) is 42.5 Å². The van der Waals surface area contributed by atoms with E-state index in [1.54, 1.807) is 0 Å². The SMILES string of the molecule is CCCC1CCC2(CC1)CC(=O)C(c1cc(-c3ccc(Cl)cc3)ccc1C)C2=O. The van der Waals surface area contributed by atoms with Crippen molar-refractivity contribution in [2.24, 2.45) is 11.3 Å². The first-order valence-electron chi connectivity index (χ1n) is 10.9. The van der Waals surface area contributed by atoms with Gasteiger partial charge in [-0.15, -0.1) is 0 Å². The summed E-state index contributed by atoms with van der Waals surface area (Å²) in [5.74, 6) is 0.418. The average Bonchev–Trinajstić information content (AvgIpc) is 2.95. The van der Waals surface area contributed by atoms with E-state index >= 15 is 0 Å². The molecule has 0 amide bonds. The molecule has 3 heteroatoms. The summed E-state index contributed by atoms with van der Waals surface area (Å²) in [6.45, 7) is 4.23. The molecule has 1 atom stereocenters. The van der Waals surface area contributed by atoms with Crippen molar-refractivity contribution in [2.75, 3.05) is 0 Å². The fourth-order valence-corrected chi connectivity index (χ4v) is 5.54. The van der Waals surface area contributed by atoms with Crippen molar-refractivity contribution >= 4 is 23.2 Å². The average molecular weight is 409 g/mol. The second-order valence-corrected chi connectivity index (χ2v) is 9.47. The van der Waals surface area contributed by atoms with Gasteiger partial charge in [-0.2, -0.15) is 0 Å². The Hall–Kier alpha value is -1.93. The molecule has 0 heterocycles. The summed E-state index contributed by atoms with van der Waals surface area (Å²) in [7, 11) is 0. The molecule has 2 aliphatic rings. The summed E-state index contributed by atoms with van der Waals surface area (Å²) in [6.07, 6.45) is 6.81. The maximum absolute atomic E-state index is 13.6. The quantitative estimate of drug-likeness (QED) is 0.514. The first-order chi connectivity index (χ1) is 13.9. The third-order valence-electron chi connectivity index (χ3n) is 7.15. The molecule has 2 saturated carbocycles. The lowest BCUT2D eigenvalue weighted by molar-refractivity contribution is -0.129. The van der Waals surface area contributed by atoms with E-state index in [-0.39, 0.29) is 11.6 Å². The maximum atomic E-state index is 13.6. The van der Waals surface area contributed by atoms with Crippen LogP contribution < -0.4 is 0 Å². The van der Waals surface area contributed by atoms with E-state index in [1.165, 1.54) is 12.8 Å². The van der Waals surface area contributed by atoms with E-state index in [4.69, 9.17) is 11.6 Å². The van der Waals surface area contributed by atoms with Crippen LogP contribution in [0, 0.1) is 18.3 Å². The maximum Gasteiger partial charge on any atom is 0.154 e. The van der Waals surface area contributed by atoms with Gasteiger partial charge in [-0.3, -0.25) is 9.59 Å². The van der Waals surface area contributed by atoms with Crippen LogP contribution in [-0.2, 0) is 9.59 Å². The third kappa shape index (κ3) is 3.80. The van der Waals surface area contributed by atoms with Crippen molar-refractivity contribution < 1.29 is 9.59 Å².